The van der Waals surface area contributed by atoms with Gasteiger partial charge < -0.3 is 4.74 Å². The van der Waals surface area contributed by atoms with Gasteiger partial charge in [0.05, 0.1) is 13.2 Å². The van der Waals surface area contributed by atoms with Gasteiger partial charge in [-0.15, -0.1) is 0 Å². The number of alkyl halides is 3. The maximum Gasteiger partial charge on any atom is 0.401 e. The van der Waals surface area contributed by atoms with Gasteiger partial charge in [-0.25, -0.2) is 0 Å². The fraction of sp³-hybridized carbons (Fsp3) is 0.900. The third-order valence-electron chi connectivity index (χ3n) is 2.28. The summed E-state index contributed by atoms with van der Waals surface area (Å²) in [5, 5.41) is 2.20. The average Bonchev–Trinajstić information content (AvgIpc) is 2.16. The minimum absolute atomic E-state index is 0.166. The van der Waals surface area contributed by atoms with Crippen LogP contribution in [0.2, 0.25) is 0 Å². The number of rotatable bonds is 6. The molecule has 6 heteroatoms. The number of carbonyl (C=O) groups excluding carboxylic acids is 1. The molecular formula is C10H18F3NO2. The minimum Gasteiger partial charge on any atom is -0.465 e. The summed E-state index contributed by atoms with van der Waals surface area (Å²) in [6.07, 6.45) is -3.72. The highest BCUT2D eigenvalue weighted by Crippen LogP contribution is 2.15. The van der Waals surface area contributed by atoms with Crippen molar-refractivity contribution < 1.29 is 22.7 Å². The lowest BCUT2D eigenvalue weighted by Crippen LogP contribution is -2.46. The second kappa shape index (κ2) is 6.73. The Balaban J connectivity index is 4.38. The molecule has 2 atom stereocenters. The van der Waals surface area contributed by atoms with Crippen LogP contribution >= 0.6 is 0 Å². The molecule has 3 nitrogen and oxygen atoms in total. The zero-order valence-corrected chi connectivity index (χ0v) is 9.73. The van der Waals surface area contributed by atoms with Crippen molar-refractivity contribution >= 4 is 5.97 Å². The molecule has 0 spiro atoms. The van der Waals surface area contributed by atoms with Crippen molar-refractivity contribution in [3.63, 3.8) is 0 Å². The molecular weight excluding hydrogens is 223 g/mol. The van der Waals surface area contributed by atoms with Gasteiger partial charge in [0.1, 0.15) is 6.04 Å². The summed E-state index contributed by atoms with van der Waals surface area (Å²) in [5.74, 6) is -0.817. The summed E-state index contributed by atoms with van der Waals surface area (Å²) in [5.41, 5.74) is 0. The van der Waals surface area contributed by atoms with E-state index in [-0.39, 0.29) is 12.5 Å². The van der Waals surface area contributed by atoms with E-state index in [0.717, 1.165) is 0 Å². The molecule has 0 rings (SSSR count). The van der Waals surface area contributed by atoms with Crippen LogP contribution in [0, 0.1) is 5.92 Å². The Morgan fingerprint density at radius 1 is 1.38 bits per heavy atom. The van der Waals surface area contributed by atoms with Crippen LogP contribution < -0.4 is 5.32 Å². The number of carbonyl (C=O) groups is 1. The van der Waals surface area contributed by atoms with Crippen LogP contribution in [0.3, 0.4) is 0 Å². The molecule has 96 valence electrons. The van der Waals surface area contributed by atoms with Crippen LogP contribution in [0.25, 0.3) is 0 Å². The van der Waals surface area contributed by atoms with Gasteiger partial charge in [-0.3, -0.25) is 10.1 Å². The van der Waals surface area contributed by atoms with Gasteiger partial charge in [-0.05, 0) is 12.8 Å². The molecule has 0 fully saturated rings. The first kappa shape index (κ1) is 15.2. The fourth-order valence-corrected chi connectivity index (χ4v) is 1.21. The van der Waals surface area contributed by atoms with Crippen molar-refractivity contribution in [2.45, 2.75) is 39.4 Å². The molecule has 1 N–H and O–H groups in total. The number of hydrogen-bond donors (Lipinski definition) is 1. The van der Waals surface area contributed by atoms with Crippen molar-refractivity contribution in [2.24, 2.45) is 5.92 Å². The van der Waals surface area contributed by atoms with Crippen molar-refractivity contribution in [2.75, 3.05) is 13.2 Å². The molecule has 0 saturated carbocycles. The van der Waals surface area contributed by atoms with Crippen molar-refractivity contribution in [1.82, 2.24) is 5.32 Å². The molecule has 2 unspecified atom stereocenters. The molecule has 16 heavy (non-hydrogen) atoms. The summed E-state index contributed by atoms with van der Waals surface area (Å²) >= 11 is 0. The van der Waals surface area contributed by atoms with Crippen LogP contribution in [0.1, 0.15) is 27.2 Å². The quantitative estimate of drug-likeness (QED) is 0.724. The second-order valence-corrected chi connectivity index (χ2v) is 3.61. The summed E-state index contributed by atoms with van der Waals surface area (Å²) in [4.78, 5) is 11.4. The molecule has 0 aromatic rings. The van der Waals surface area contributed by atoms with Gasteiger partial charge in [0, 0.05) is 0 Å². The maximum atomic E-state index is 12.0. The van der Waals surface area contributed by atoms with E-state index in [1.807, 2.05) is 6.92 Å². The van der Waals surface area contributed by atoms with Crippen LogP contribution in [0.5, 0.6) is 0 Å². The van der Waals surface area contributed by atoms with Crippen LogP contribution in [-0.4, -0.2) is 31.3 Å². The highest BCUT2D eigenvalue weighted by Gasteiger charge is 2.32. The molecule has 0 aliphatic heterocycles. The van der Waals surface area contributed by atoms with Crippen molar-refractivity contribution in [3.8, 4) is 0 Å². The first-order valence-corrected chi connectivity index (χ1v) is 5.28. The van der Waals surface area contributed by atoms with E-state index in [9.17, 15) is 18.0 Å². The van der Waals surface area contributed by atoms with E-state index in [4.69, 9.17) is 4.74 Å². The van der Waals surface area contributed by atoms with E-state index in [1.54, 1.807) is 13.8 Å². The zero-order valence-electron chi connectivity index (χ0n) is 9.73. The molecule has 0 aromatic heterocycles. The molecule has 0 aromatic carbocycles. The Kier molecular flexibility index (Phi) is 6.40. The molecule has 0 saturated heterocycles. The van der Waals surface area contributed by atoms with E-state index < -0.39 is 24.7 Å². The Labute approximate surface area is 93.3 Å². The van der Waals surface area contributed by atoms with Gasteiger partial charge in [-0.2, -0.15) is 13.2 Å². The summed E-state index contributed by atoms with van der Waals surface area (Å²) < 4.78 is 40.8. The molecule has 0 aliphatic rings. The summed E-state index contributed by atoms with van der Waals surface area (Å²) in [6.45, 7) is 4.13. The van der Waals surface area contributed by atoms with Gasteiger partial charge in [0.15, 0.2) is 0 Å². The molecule has 0 bridgehead atoms. The topological polar surface area (TPSA) is 38.3 Å². The smallest absolute Gasteiger partial charge is 0.401 e. The van der Waals surface area contributed by atoms with E-state index in [2.05, 4.69) is 5.32 Å². The lowest BCUT2D eigenvalue weighted by Gasteiger charge is -2.23. The lowest BCUT2D eigenvalue weighted by molar-refractivity contribution is -0.150. The number of nitrogens with one attached hydrogen (secondary N) is 1. The number of esters is 1. The predicted molar refractivity (Wildman–Crippen MR) is 53.9 cm³/mol. The lowest BCUT2D eigenvalue weighted by atomic mass is 9.99. The van der Waals surface area contributed by atoms with E-state index >= 15 is 0 Å². The maximum absolute atomic E-state index is 12.0. The monoisotopic (exact) mass is 241 g/mol. The number of hydrogen-bond acceptors (Lipinski definition) is 3. The van der Waals surface area contributed by atoms with Crippen molar-refractivity contribution in [3.05, 3.63) is 0 Å². The minimum atomic E-state index is -4.32. The molecule has 0 heterocycles. The standard InChI is InChI=1S/C10H18F3NO2/c1-4-7(3)8(9(15)16-5-2)14-6-10(11,12)13/h7-8,14H,4-6H2,1-3H3. The highest BCUT2D eigenvalue weighted by atomic mass is 19.4. The van der Waals surface area contributed by atoms with E-state index in [0.29, 0.717) is 6.42 Å². The van der Waals surface area contributed by atoms with Gasteiger partial charge in [0.2, 0.25) is 0 Å². The predicted octanol–water partition coefficient (Wildman–Crippen LogP) is 2.12. The third kappa shape index (κ3) is 5.95. The SMILES string of the molecule is CCOC(=O)C(NCC(F)(F)F)C(C)CC. The second-order valence-electron chi connectivity index (χ2n) is 3.61. The third-order valence-corrected chi connectivity index (χ3v) is 2.28. The van der Waals surface area contributed by atoms with Crippen LogP contribution in [0.4, 0.5) is 13.2 Å². The Morgan fingerprint density at radius 3 is 2.31 bits per heavy atom. The van der Waals surface area contributed by atoms with E-state index in [1.165, 1.54) is 0 Å². The van der Waals surface area contributed by atoms with Gasteiger partial charge in [0.25, 0.3) is 0 Å². The first-order chi connectivity index (χ1) is 7.31. The fourth-order valence-electron chi connectivity index (χ4n) is 1.21. The molecule has 0 aliphatic carbocycles. The Morgan fingerprint density at radius 2 is 1.94 bits per heavy atom. The normalized spacial score (nSPS) is 15.6. The average molecular weight is 241 g/mol. The molecule has 0 radical (unpaired) electrons. The van der Waals surface area contributed by atoms with Crippen molar-refractivity contribution in [1.29, 1.82) is 0 Å². The van der Waals surface area contributed by atoms with Gasteiger partial charge >= 0.3 is 12.1 Å². The largest absolute Gasteiger partial charge is 0.465 e. The Hall–Kier alpha value is -0.780. The summed E-state index contributed by atoms with van der Waals surface area (Å²) in [7, 11) is 0. The molecule has 0 amide bonds. The first-order valence-electron chi connectivity index (χ1n) is 5.28. The van der Waals surface area contributed by atoms with Crippen LogP contribution in [-0.2, 0) is 9.53 Å². The summed E-state index contributed by atoms with van der Waals surface area (Å²) in [6, 6.07) is -0.897. The Bertz CT molecular complexity index is 219. The number of ether oxygens (including phenoxy) is 1. The van der Waals surface area contributed by atoms with Gasteiger partial charge in [-0.1, -0.05) is 20.3 Å². The van der Waals surface area contributed by atoms with Crippen LogP contribution in [0.15, 0.2) is 0 Å². The highest BCUT2D eigenvalue weighted by molar-refractivity contribution is 5.76. The number of halogens is 3. The zero-order chi connectivity index (χ0) is 12.8.